The number of alkyl carbamates (subject to hydrolysis) is 1. The summed E-state index contributed by atoms with van der Waals surface area (Å²) in [4.78, 5) is 17.4. The molecule has 0 radical (unpaired) electrons. The van der Waals surface area contributed by atoms with Gasteiger partial charge in [-0.2, -0.15) is 4.31 Å². The van der Waals surface area contributed by atoms with Crippen LogP contribution in [0.1, 0.15) is 45.4 Å². The fourth-order valence-electron chi connectivity index (χ4n) is 5.52. The van der Waals surface area contributed by atoms with Gasteiger partial charge >= 0.3 is 6.09 Å². The van der Waals surface area contributed by atoms with E-state index in [1.54, 1.807) is 22.5 Å². The summed E-state index contributed by atoms with van der Waals surface area (Å²) in [5, 5.41) is 7.00. The Morgan fingerprint density at radius 3 is 2.87 bits per heavy atom. The van der Waals surface area contributed by atoms with Crippen molar-refractivity contribution < 1.29 is 32.2 Å². The van der Waals surface area contributed by atoms with Crippen molar-refractivity contribution in [2.24, 2.45) is 5.41 Å². The number of thiazole rings is 1. The first-order valence-corrected chi connectivity index (χ1v) is 16.1. The highest BCUT2D eigenvalue weighted by molar-refractivity contribution is 7.89. The van der Waals surface area contributed by atoms with E-state index < -0.39 is 22.2 Å². The third-order valence-corrected chi connectivity index (χ3v) is 11.0. The second-order valence-corrected chi connectivity index (χ2v) is 14.7. The second-order valence-electron chi connectivity index (χ2n) is 11.7. The summed E-state index contributed by atoms with van der Waals surface area (Å²) in [7, 11) is -3.72. The van der Waals surface area contributed by atoms with Gasteiger partial charge in [0.25, 0.3) is 0 Å². The van der Waals surface area contributed by atoms with Gasteiger partial charge in [0.1, 0.15) is 18.3 Å². The molecule has 5 fully saturated rings. The van der Waals surface area contributed by atoms with E-state index >= 15 is 0 Å². The lowest BCUT2D eigenvalue weighted by Gasteiger charge is -2.36. The van der Waals surface area contributed by atoms with Gasteiger partial charge in [-0.3, -0.25) is 0 Å². The van der Waals surface area contributed by atoms with E-state index in [0.29, 0.717) is 38.6 Å². The normalized spacial score (nSPS) is 30.6. The molecule has 3 aliphatic heterocycles. The third-order valence-electron chi connectivity index (χ3n) is 8.25. The molecular weight excluding hydrogens is 544 g/mol. The van der Waals surface area contributed by atoms with Crippen LogP contribution in [0.3, 0.4) is 0 Å². The Kier molecular flexibility index (Phi) is 6.51. The quantitative estimate of drug-likeness (QED) is 0.387. The number of nitrogens with zero attached hydrogens (tertiary/aromatic N) is 2. The van der Waals surface area contributed by atoms with Crippen molar-refractivity contribution in [1.29, 1.82) is 0 Å². The predicted molar refractivity (Wildman–Crippen MR) is 143 cm³/mol. The van der Waals surface area contributed by atoms with Crippen molar-refractivity contribution in [2.75, 3.05) is 31.6 Å². The molecule has 39 heavy (non-hydrogen) atoms. The Bertz CT molecular complexity index is 1350. The van der Waals surface area contributed by atoms with Crippen molar-refractivity contribution in [3.63, 3.8) is 0 Å². The van der Waals surface area contributed by atoms with Gasteiger partial charge in [0.2, 0.25) is 10.0 Å². The highest BCUT2D eigenvalue weighted by Gasteiger charge is 2.55. The van der Waals surface area contributed by atoms with Crippen LogP contribution < -0.4 is 10.6 Å². The van der Waals surface area contributed by atoms with E-state index in [2.05, 4.69) is 22.5 Å². The van der Waals surface area contributed by atoms with Gasteiger partial charge in [0.15, 0.2) is 17.5 Å². The molecule has 11 nitrogen and oxygen atoms in total. The number of amides is 1. The van der Waals surface area contributed by atoms with Crippen molar-refractivity contribution in [3.05, 3.63) is 18.2 Å². The van der Waals surface area contributed by atoms with E-state index in [4.69, 9.17) is 18.9 Å². The van der Waals surface area contributed by atoms with E-state index in [0.717, 1.165) is 41.0 Å². The van der Waals surface area contributed by atoms with Gasteiger partial charge in [-0.1, -0.05) is 18.3 Å². The first-order valence-electron chi connectivity index (χ1n) is 13.8. The molecule has 2 N–H and O–H groups in total. The minimum Gasteiger partial charge on any atom is -0.441 e. The average molecular weight is 579 g/mol. The standard InChI is InChI=1S/C26H34N4O7S2/c1-26(7-8-26)14-30(39(32,33)16-5-6-17-21(11-16)38-24(29-17)28-15-3-4-15)10-2-9-27-25(31)37-22-18-12-19-23(36-18)34-13-20(22)35-19/h5-6,11,15,18-20,22-23H,2-4,7-10,12-14H2,1H3,(H,27,31)(H,28,29). The van der Waals surface area contributed by atoms with Crippen LogP contribution in [0.4, 0.5) is 9.93 Å². The molecule has 1 aromatic carbocycles. The monoisotopic (exact) mass is 578 g/mol. The molecule has 2 saturated carbocycles. The minimum absolute atomic E-state index is 0.00327. The number of ether oxygens (including phenoxy) is 4. The number of anilines is 1. The Morgan fingerprint density at radius 2 is 2.08 bits per heavy atom. The predicted octanol–water partition coefficient (Wildman–Crippen LogP) is 3.06. The van der Waals surface area contributed by atoms with Gasteiger partial charge in [-0.15, -0.1) is 0 Å². The molecule has 5 aliphatic rings. The molecule has 2 aromatic rings. The van der Waals surface area contributed by atoms with Gasteiger partial charge in [0, 0.05) is 32.1 Å². The molecule has 3 saturated heterocycles. The molecular formula is C26H34N4O7S2. The maximum atomic E-state index is 13.8. The highest BCUT2D eigenvalue weighted by Crippen LogP contribution is 2.46. The molecule has 13 heteroatoms. The van der Waals surface area contributed by atoms with Crippen LogP contribution in [-0.2, 0) is 29.0 Å². The van der Waals surface area contributed by atoms with Crippen molar-refractivity contribution in [3.8, 4) is 0 Å². The highest BCUT2D eigenvalue weighted by atomic mass is 32.2. The maximum absolute atomic E-state index is 13.8. The van der Waals surface area contributed by atoms with E-state index in [1.807, 2.05) is 0 Å². The summed E-state index contributed by atoms with van der Waals surface area (Å²) in [6, 6.07) is 5.65. The zero-order chi connectivity index (χ0) is 26.8. The summed E-state index contributed by atoms with van der Waals surface area (Å²) in [5.74, 6) is 0. The van der Waals surface area contributed by atoms with Crippen LogP contribution in [0.25, 0.3) is 10.2 Å². The Balaban J connectivity index is 0.974. The number of nitrogens with one attached hydrogen (secondary N) is 2. The number of benzene rings is 1. The summed E-state index contributed by atoms with van der Waals surface area (Å²) in [5.41, 5.74) is 0.795. The molecule has 0 spiro atoms. The number of aromatic nitrogens is 1. The van der Waals surface area contributed by atoms with E-state index in [1.165, 1.54) is 11.3 Å². The van der Waals surface area contributed by atoms with Crippen LogP contribution in [0.2, 0.25) is 0 Å². The summed E-state index contributed by atoms with van der Waals surface area (Å²) < 4.78 is 52.9. The molecule has 5 atom stereocenters. The van der Waals surface area contributed by atoms with E-state index in [-0.39, 0.29) is 41.5 Å². The topological polar surface area (TPSA) is 128 Å². The molecule has 7 rings (SSSR count). The summed E-state index contributed by atoms with van der Waals surface area (Å²) in [6.45, 7) is 3.50. The van der Waals surface area contributed by atoms with Gasteiger partial charge in [-0.05, 0) is 55.7 Å². The average Bonchev–Trinajstić information content (AvgIpc) is 3.80. The zero-order valence-corrected chi connectivity index (χ0v) is 23.5. The first kappa shape index (κ1) is 25.9. The summed E-state index contributed by atoms with van der Waals surface area (Å²) in [6.07, 6.45) is 3.35. The summed E-state index contributed by atoms with van der Waals surface area (Å²) >= 11 is 1.49. The van der Waals surface area contributed by atoms with Crippen LogP contribution in [0.5, 0.6) is 0 Å². The van der Waals surface area contributed by atoms with Crippen molar-refractivity contribution in [2.45, 2.75) is 87.1 Å². The first-order chi connectivity index (χ1) is 18.8. The molecule has 2 aliphatic carbocycles. The minimum atomic E-state index is -3.72. The van der Waals surface area contributed by atoms with Crippen LogP contribution in [0.15, 0.2) is 23.1 Å². The fraction of sp³-hybridized carbons (Fsp3) is 0.692. The van der Waals surface area contributed by atoms with E-state index in [9.17, 15) is 13.2 Å². The van der Waals surface area contributed by atoms with Crippen molar-refractivity contribution >= 4 is 42.8 Å². The van der Waals surface area contributed by atoms with Gasteiger partial charge in [-0.25, -0.2) is 18.2 Å². The number of sulfonamides is 1. The van der Waals surface area contributed by atoms with Crippen LogP contribution in [0, 0.1) is 5.41 Å². The smallest absolute Gasteiger partial charge is 0.407 e. The SMILES string of the molecule is CC1(CN(CCCNC(=O)OC2C3COC4OC2CC4O3)S(=O)(=O)c2ccc3nc(NC4CC4)sc3c2)CC1. The molecule has 212 valence electrons. The Hall–Kier alpha value is -2.03. The number of hydrogen-bond donors (Lipinski definition) is 2. The Labute approximate surface area is 231 Å². The zero-order valence-electron chi connectivity index (χ0n) is 21.8. The lowest BCUT2D eigenvalue weighted by atomic mass is 9.99. The third kappa shape index (κ3) is 5.36. The number of rotatable bonds is 11. The lowest BCUT2D eigenvalue weighted by Crippen LogP contribution is -2.52. The number of carbonyl (C=O) groups excluding carboxylic acids is 1. The van der Waals surface area contributed by atoms with Crippen LogP contribution in [-0.4, -0.2) is 86.8 Å². The Morgan fingerprint density at radius 1 is 1.23 bits per heavy atom. The van der Waals surface area contributed by atoms with Gasteiger partial charge < -0.3 is 29.6 Å². The fourth-order valence-corrected chi connectivity index (χ4v) is 8.23. The molecule has 1 amide bonds. The molecule has 1 aromatic heterocycles. The maximum Gasteiger partial charge on any atom is 0.407 e. The second kappa shape index (κ2) is 9.81. The number of carbonyl (C=O) groups is 1. The number of hydrogen-bond acceptors (Lipinski definition) is 10. The molecule has 5 unspecified atom stereocenters. The number of fused-ring (bicyclic) bond motifs is 3. The molecule has 3 bridgehead atoms. The lowest BCUT2D eigenvalue weighted by molar-refractivity contribution is -0.226. The van der Waals surface area contributed by atoms with Gasteiger partial charge in [0.05, 0.1) is 21.7 Å². The van der Waals surface area contributed by atoms with Crippen LogP contribution >= 0.6 is 11.3 Å². The van der Waals surface area contributed by atoms with Crippen molar-refractivity contribution in [1.82, 2.24) is 14.6 Å². The largest absolute Gasteiger partial charge is 0.441 e. The molecule has 4 heterocycles.